The fraction of sp³-hybridized carbons (Fsp3) is 0.500. The van der Waals surface area contributed by atoms with Crippen LogP contribution in [0.1, 0.15) is 36.8 Å². The molecule has 0 bridgehead atoms. The van der Waals surface area contributed by atoms with E-state index in [2.05, 4.69) is 37.4 Å². The van der Waals surface area contributed by atoms with E-state index >= 15 is 0 Å². The van der Waals surface area contributed by atoms with Gasteiger partial charge in [-0.25, -0.2) is 0 Å². The van der Waals surface area contributed by atoms with Gasteiger partial charge in [0.05, 0.1) is 0 Å². The molecule has 1 aliphatic heterocycles. The second kappa shape index (κ2) is 3.41. The van der Waals surface area contributed by atoms with Crippen LogP contribution in [0, 0.1) is 6.92 Å². The Bertz CT molecular complexity index is 304. The van der Waals surface area contributed by atoms with E-state index in [1.54, 1.807) is 0 Å². The smallest absolute Gasteiger partial charge is 0.0378 e. The number of nitrogens with one attached hydrogen (secondary N) is 1. The maximum absolute atomic E-state index is 3.47. The zero-order chi connectivity index (χ0) is 9.26. The molecule has 1 aliphatic rings. The number of benzene rings is 1. The normalized spacial score (nSPS) is 20.6. The van der Waals surface area contributed by atoms with Crippen molar-refractivity contribution in [1.82, 2.24) is 0 Å². The maximum atomic E-state index is 3.47. The van der Waals surface area contributed by atoms with E-state index in [0.717, 1.165) is 12.5 Å². The van der Waals surface area contributed by atoms with Crippen LogP contribution in [0.5, 0.6) is 0 Å². The minimum atomic E-state index is 0.775. The minimum absolute atomic E-state index is 0.775. The Morgan fingerprint density at radius 1 is 1.46 bits per heavy atom. The Labute approximate surface area is 80.2 Å². The topological polar surface area (TPSA) is 12.0 Å². The zero-order valence-electron chi connectivity index (χ0n) is 8.43. The lowest BCUT2D eigenvalue weighted by atomic mass is 9.88. The van der Waals surface area contributed by atoms with Gasteiger partial charge < -0.3 is 5.32 Å². The van der Waals surface area contributed by atoms with E-state index in [0.29, 0.717) is 0 Å². The highest BCUT2D eigenvalue weighted by atomic mass is 14.9. The molecule has 0 aromatic heterocycles. The molecule has 13 heavy (non-hydrogen) atoms. The van der Waals surface area contributed by atoms with Gasteiger partial charge in [0.1, 0.15) is 0 Å². The van der Waals surface area contributed by atoms with E-state index in [4.69, 9.17) is 0 Å². The van der Waals surface area contributed by atoms with Crippen molar-refractivity contribution in [3.05, 3.63) is 29.3 Å². The summed E-state index contributed by atoms with van der Waals surface area (Å²) >= 11 is 0. The van der Waals surface area contributed by atoms with Crippen molar-refractivity contribution in [3.63, 3.8) is 0 Å². The summed E-state index contributed by atoms with van der Waals surface area (Å²) in [6, 6.07) is 6.76. The molecule has 0 saturated carbocycles. The van der Waals surface area contributed by atoms with Gasteiger partial charge in [-0.05, 0) is 42.9 Å². The summed E-state index contributed by atoms with van der Waals surface area (Å²) in [5.41, 5.74) is 4.22. The third-order valence-electron chi connectivity index (χ3n) is 2.95. The van der Waals surface area contributed by atoms with Gasteiger partial charge in [0.15, 0.2) is 0 Å². The van der Waals surface area contributed by atoms with Gasteiger partial charge in [-0.1, -0.05) is 19.1 Å². The summed E-state index contributed by atoms with van der Waals surface area (Å²) in [5.74, 6) is 0.775. The van der Waals surface area contributed by atoms with E-state index in [1.165, 1.54) is 29.7 Å². The quantitative estimate of drug-likeness (QED) is 0.690. The van der Waals surface area contributed by atoms with Crippen molar-refractivity contribution >= 4 is 5.69 Å². The number of rotatable bonds is 1. The first-order chi connectivity index (χ1) is 6.31. The molecule has 0 aliphatic carbocycles. The van der Waals surface area contributed by atoms with Gasteiger partial charge in [0, 0.05) is 12.2 Å². The number of fused-ring (bicyclic) bond motifs is 1. The van der Waals surface area contributed by atoms with E-state index in [9.17, 15) is 0 Å². The predicted octanol–water partition coefficient (Wildman–Crippen LogP) is 3.30. The maximum Gasteiger partial charge on any atom is 0.0378 e. The van der Waals surface area contributed by atoms with Crippen LogP contribution in [0.25, 0.3) is 0 Å². The lowest BCUT2D eigenvalue weighted by Gasteiger charge is -2.26. The van der Waals surface area contributed by atoms with Crippen LogP contribution >= 0.6 is 0 Å². The highest BCUT2D eigenvalue weighted by Crippen LogP contribution is 2.33. The minimum Gasteiger partial charge on any atom is -0.385 e. The molecular formula is C12H17N. The average Bonchev–Trinajstić information content (AvgIpc) is 2.16. The van der Waals surface area contributed by atoms with Crippen LogP contribution in [0.2, 0.25) is 0 Å². The molecule has 0 fully saturated rings. The Morgan fingerprint density at radius 2 is 2.31 bits per heavy atom. The molecule has 1 unspecified atom stereocenters. The lowest BCUT2D eigenvalue weighted by Crippen LogP contribution is -2.16. The van der Waals surface area contributed by atoms with Gasteiger partial charge in [-0.2, -0.15) is 0 Å². The molecule has 0 radical (unpaired) electrons. The molecule has 0 spiro atoms. The standard InChI is InChI=1S/C12H17N/c1-3-10-6-7-13-12-8-9(2)4-5-11(10)12/h4-5,8,10,13H,3,6-7H2,1-2H3. The molecule has 1 N–H and O–H groups in total. The van der Waals surface area contributed by atoms with Crippen LogP contribution in [0.3, 0.4) is 0 Å². The molecule has 70 valence electrons. The Kier molecular flexibility index (Phi) is 2.26. The Morgan fingerprint density at radius 3 is 3.08 bits per heavy atom. The summed E-state index contributed by atoms with van der Waals surface area (Å²) in [7, 11) is 0. The zero-order valence-corrected chi connectivity index (χ0v) is 8.43. The average molecular weight is 175 g/mol. The van der Waals surface area contributed by atoms with Gasteiger partial charge in [0.2, 0.25) is 0 Å². The van der Waals surface area contributed by atoms with Gasteiger partial charge in [-0.15, -0.1) is 0 Å². The fourth-order valence-electron chi connectivity index (χ4n) is 2.14. The van der Waals surface area contributed by atoms with Crippen molar-refractivity contribution in [2.24, 2.45) is 0 Å². The van der Waals surface area contributed by atoms with Crippen LogP contribution in [-0.2, 0) is 0 Å². The van der Waals surface area contributed by atoms with Crippen molar-refractivity contribution < 1.29 is 0 Å². The summed E-state index contributed by atoms with van der Waals surface area (Å²) in [5, 5.41) is 3.47. The monoisotopic (exact) mass is 175 g/mol. The van der Waals surface area contributed by atoms with Gasteiger partial charge >= 0.3 is 0 Å². The lowest BCUT2D eigenvalue weighted by molar-refractivity contribution is 0.608. The summed E-state index contributed by atoms with van der Waals surface area (Å²) < 4.78 is 0. The highest BCUT2D eigenvalue weighted by Gasteiger charge is 2.17. The first kappa shape index (κ1) is 8.61. The van der Waals surface area contributed by atoms with Crippen LogP contribution in [-0.4, -0.2) is 6.54 Å². The Balaban J connectivity index is 2.40. The first-order valence-electron chi connectivity index (χ1n) is 5.15. The van der Waals surface area contributed by atoms with E-state index in [-0.39, 0.29) is 0 Å². The van der Waals surface area contributed by atoms with Crippen LogP contribution < -0.4 is 5.32 Å². The van der Waals surface area contributed by atoms with Crippen molar-refractivity contribution in [2.75, 3.05) is 11.9 Å². The molecule has 1 heteroatoms. The molecule has 0 amide bonds. The highest BCUT2D eigenvalue weighted by molar-refractivity contribution is 5.56. The summed E-state index contributed by atoms with van der Waals surface area (Å²) in [4.78, 5) is 0. The van der Waals surface area contributed by atoms with Crippen LogP contribution in [0.15, 0.2) is 18.2 Å². The predicted molar refractivity (Wildman–Crippen MR) is 57.3 cm³/mol. The largest absolute Gasteiger partial charge is 0.385 e. The van der Waals surface area contributed by atoms with E-state index < -0.39 is 0 Å². The molecule has 1 nitrogen and oxygen atoms in total. The molecule has 1 heterocycles. The van der Waals surface area contributed by atoms with E-state index in [1.807, 2.05) is 0 Å². The second-order valence-electron chi connectivity index (χ2n) is 3.91. The van der Waals surface area contributed by atoms with Crippen LogP contribution in [0.4, 0.5) is 5.69 Å². The molecule has 1 atom stereocenters. The first-order valence-corrected chi connectivity index (χ1v) is 5.15. The summed E-state index contributed by atoms with van der Waals surface area (Å²) in [6.07, 6.45) is 2.55. The van der Waals surface area contributed by atoms with Gasteiger partial charge in [-0.3, -0.25) is 0 Å². The fourth-order valence-corrected chi connectivity index (χ4v) is 2.14. The third-order valence-corrected chi connectivity index (χ3v) is 2.95. The van der Waals surface area contributed by atoms with Crippen molar-refractivity contribution in [2.45, 2.75) is 32.6 Å². The van der Waals surface area contributed by atoms with Crippen molar-refractivity contribution in [3.8, 4) is 0 Å². The molecule has 1 aromatic carbocycles. The van der Waals surface area contributed by atoms with Gasteiger partial charge in [0.25, 0.3) is 0 Å². The SMILES string of the molecule is CCC1CCNc2cc(C)ccc21. The molecule has 2 rings (SSSR count). The number of hydrogen-bond acceptors (Lipinski definition) is 1. The molecular weight excluding hydrogens is 158 g/mol. The summed E-state index contributed by atoms with van der Waals surface area (Å²) in [6.45, 7) is 5.56. The van der Waals surface area contributed by atoms with Crippen molar-refractivity contribution in [1.29, 1.82) is 0 Å². The number of anilines is 1. The molecule has 0 saturated heterocycles. The third kappa shape index (κ3) is 1.55. The number of aryl methyl sites for hydroxylation is 1. The second-order valence-corrected chi connectivity index (χ2v) is 3.91. The molecule has 1 aromatic rings. The number of hydrogen-bond donors (Lipinski definition) is 1. The Hall–Kier alpha value is -0.980.